The molecule has 0 spiro atoms. The van der Waals surface area contributed by atoms with Crippen LogP contribution in [-0.2, 0) is 9.84 Å². The molecule has 2 fully saturated rings. The molecule has 0 bridgehead atoms. The number of piperazine rings is 1. The largest absolute Gasteiger partial charge is 0.495 e. The number of aromatic nitrogens is 3. The van der Waals surface area contributed by atoms with Gasteiger partial charge in [0, 0.05) is 51.0 Å². The van der Waals surface area contributed by atoms with Gasteiger partial charge >= 0.3 is 0 Å². The van der Waals surface area contributed by atoms with Gasteiger partial charge in [-0.2, -0.15) is 4.98 Å². The van der Waals surface area contributed by atoms with Gasteiger partial charge in [0.25, 0.3) is 0 Å². The molecule has 2 aliphatic rings. The van der Waals surface area contributed by atoms with Crippen molar-refractivity contribution in [3.63, 3.8) is 0 Å². The molecule has 0 unspecified atom stereocenters. The number of anilines is 5. The lowest BCUT2D eigenvalue weighted by Gasteiger charge is -2.42. The van der Waals surface area contributed by atoms with Gasteiger partial charge in [0.2, 0.25) is 11.9 Å². The SMILES string of the molecule is COc1ccc(N2CCC(N3CCN(C)CC3)CC2)cc1Nc1ncnc(Nc2ccccc2S(=O)(=O)C(C)C)n1. The summed E-state index contributed by atoms with van der Waals surface area (Å²) in [5.41, 5.74) is 2.27. The summed E-state index contributed by atoms with van der Waals surface area (Å²) < 4.78 is 31.4. The number of likely N-dealkylation sites (N-methyl/N-ethyl adjacent to an activating group) is 1. The van der Waals surface area contributed by atoms with Crippen molar-refractivity contribution in [2.45, 2.75) is 42.9 Å². The maximum absolute atomic E-state index is 12.9. The van der Waals surface area contributed by atoms with E-state index < -0.39 is 15.1 Å². The van der Waals surface area contributed by atoms with Gasteiger partial charge in [0.05, 0.1) is 28.6 Å². The summed E-state index contributed by atoms with van der Waals surface area (Å²) in [7, 11) is 0.333. The number of piperidine rings is 1. The van der Waals surface area contributed by atoms with E-state index in [2.05, 4.69) is 59.5 Å². The second-order valence-electron chi connectivity index (χ2n) is 10.9. The Balaban J connectivity index is 1.29. The Hall–Kier alpha value is -3.48. The molecule has 2 aromatic carbocycles. The zero-order valence-corrected chi connectivity index (χ0v) is 25.1. The van der Waals surface area contributed by atoms with Gasteiger partial charge in [-0.15, -0.1) is 0 Å². The lowest BCUT2D eigenvalue weighted by Crippen LogP contribution is -2.52. The molecular formula is C29H40N8O3S. The van der Waals surface area contributed by atoms with Gasteiger partial charge in [-0.3, -0.25) is 4.90 Å². The van der Waals surface area contributed by atoms with Gasteiger partial charge in [0.1, 0.15) is 12.1 Å². The number of para-hydroxylation sites is 1. The monoisotopic (exact) mass is 580 g/mol. The first-order chi connectivity index (χ1) is 19.7. The molecule has 2 saturated heterocycles. The molecular weight excluding hydrogens is 540 g/mol. The van der Waals surface area contributed by atoms with Crippen molar-refractivity contribution < 1.29 is 13.2 Å². The molecule has 2 aliphatic heterocycles. The maximum atomic E-state index is 12.9. The third-order valence-corrected chi connectivity index (χ3v) is 10.2. The van der Waals surface area contributed by atoms with E-state index in [0.29, 0.717) is 23.4 Å². The van der Waals surface area contributed by atoms with Gasteiger partial charge in [-0.25, -0.2) is 18.4 Å². The number of methoxy groups -OCH3 is 1. The van der Waals surface area contributed by atoms with Gasteiger partial charge in [0.15, 0.2) is 9.84 Å². The molecule has 5 rings (SSSR count). The average molecular weight is 581 g/mol. The van der Waals surface area contributed by atoms with Crippen LogP contribution in [0.2, 0.25) is 0 Å². The van der Waals surface area contributed by atoms with Crippen LogP contribution in [0, 0.1) is 0 Å². The van der Waals surface area contributed by atoms with Crippen LogP contribution in [0.3, 0.4) is 0 Å². The standard InChI is InChI=1S/C29H40N8O3S/c1-21(2)41(38,39)27-8-6-5-7-24(27)32-28-30-20-31-29(34-28)33-25-19-23(9-10-26(25)40-4)36-13-11-22(12-14-36)37-17-15-35(3)16-18-37/h5-10,19-22H,11-18H2,1-4H3,(H2,30,31,32,33,34). The minimum atomic E-state index is -3.50. The Bertz CT molecular complexity index is 1440. The first kappa shape index (κ1) is 29.0. The first-order valence-corrected chi connectivity index (χ1v) is 15.7. The number of nitrogens with one attached hydrogen (secondary N) is 2. The molecule has 0 amide bonds. The topological polar surface area (TPSA) is 116 Å². The molecule has 0 saturated carbocycles. The predicted octanol–water partition coefficient (Wildman–Crippen LogP) is 3.77. The summed E-state index contributed by atoms with van der Waals surface area (Å²) in [5.74, 6) is 1.22. The van der Waals surface area contributed by atoms with Crippen LogP contribution >= 0.6 is 0 Å². The van der Waals surface area contributed by atoms with Gasteiger partial charge in [-0.1, -0.05) is 12.1 Å². The molecule has 0 aliphatic carbocycles. The van der Waals surface area contributed by atoms with E-state index in [4.69, 9.17) is 4.74 Å². The van der Waals surface area contributed by atoms with Crippen molar-refractivity contribution in [3.05, 3.63) is 48.8 Å². The summed E-state index contributed by atoms with van der Waals surface area (Å²) in [6.45, 7) is 9.92. The Kier molecular flexibility index (Phi) is 8.91. The molecule has 12 heteroatoms. The fourth-order valence-electron chi connectivity index (χ4n) is 5.40. The first-order valence-electron chi connectivity index (χ1n) is 14.2. The lowest BCUT2D eigenvalue weighted by molar-refractivity contribution is 0.0982. The number of hydrogen-bond acceptors (Lipinski definition) is 11. The van der Waals surface area contributed by atoms with Gasteiger partial charge in [-0.05, 0) is 64.1 Å². The highest BCUT2D eigenvalue weighted by Gasteiger charge is 2.27. The van der Waals surface area contributed by atoms with Crippen LogP contribution in [0.4, 0.5) is 29.0 Å². The number of ether oxygens (including phenoxy) is 1. The molecule has 220 valence electrons. The third-order valence-electron chi connectivity index (χ3n) is 7.95. The van der Waals surface area contributed by atoms with Crippen LogP contribution in [0.1, 0.15) is 26.7 Å². The Morgan fingerprint density at radius 1 is 0.902 bits per heavy atom. The summed E-state index contributed by atoms with van der Waals surface area (Å²) in [5, 5.41) is 5.77. The smallest absolute Gasteiger partial charge is 0.232 e. The highest BCUT2D eigenvalue weighted by atomic mass is 32.2. The van der Waals surface area contributed by atoms with Crippen molar-refractivity contribution in [1.29, 1.82) is 0 Å². The van der Waals surface area contributed by atoms with Crippen molar-refractivity contribution in [3.8, 4) is 5.75 Å². The second-order valence-corrected chi connectivity index (χ2v) is 13.4. The number of rotatable bonds is 9. The number of benzene rings is 2. The second kappa shape index (κ2) is 12.6. The highest BCUT2D eigenvalue weighted by Crippen LogP contribution is 2.33. The minimum absolute atomic E-state index is 0.204. The van der Waals surface area contributed by atoms with Crippen LogP contribution in [0.15, 0.2) is 53.7 Å². The predicted molar refractivity (Wildman–Crippen MR) is 162 cm³/mol. The zero-order valence-electron chi connectivity index (χ0n) is 24.2. The number of sulfone groups is 1. The van der Waals surface area contributed by atoms with E-state index >= 15 is 0 Å². The van der Waals surface area contributed by atoms with E-state index in [1.165, 1.54) is 6.33 Å². The molecule has 3 aromatic rings. The molecule has 41 heavy (non-hydrogen) atoms. The molecule has 0 atom stereocenters. The van der Waals surface area contributed by atoms with Crippen molar-refractivity contribution in [1.82, 2.24) is 24.8 Å². The van der Waals surface area contributed by atoms with Gasteiger partial charge < -0.3 is 25.2 Å². The molecule has 11 nitrogen and oxygen atoms in total. The van der Waals surface area contributed by atoms with Crippen LogP contribution in [0.25, 0.3) is 0 Å². The third kappa shape index (κ3) is 6.71. The average Bonchev–Trinajstić information content (AvgIpc) is 2.98. The van der Waals surface area contributed by atoms with Crippen molar-refractivity contribution >= 4 is 38.8 Å². The summed E-state index contributed by atoms with van der Waals surface area (Å²) in [6, 6.07) is 13.5. The Morgan fingerprint density at radius 3 is 2.22 bits per heavy atom. The van der Waals surface area contributed by atoms with Crippen molar-refractivity contribution in [2.24, 2.45) is 0 Å². The normalized spacial score (nSPS) is 17.5. The van der Waals surface area contributed by atoms with Crippen LogP contribution in [0.5, 0.6) is 5.75 Å². The van der Waals surface area contributed by atoms with E-state index in [1.807, 2.05) is 6.07 Å². The highest BCUT2D eigenvalue weighted by molar-refractivity contribution is 7.92. The summed E-state index contributed by atoms with van der Waals surface area (Å²) >= 11 is 0. The maximum Gasteiger partial charge on any atom is 0.232 e. The number of hydrogen-bond donors (Lipinski definition) is 2. The Labute approximate surface area is 242 Å². The molecule has 1 aromatic heterocycles. The summed E-state index contributed by atoms with van der Waals surface area (Å²) in [6.07, 6.45) is 3.68. The fourth-order valence-corrected chi connectivity index (χ4v) is 6.60. The van der Waals surface area contributed by atoms with E-state index in [9.17, 15) is 8.42 Å². The quantitative estimate of drug-likeness (QED) is 0.385. The zero-order chi connectivity index (χ0) is 29.0. The lowest BCUT2D eigenvalue weighted by atomic mass is 10.0. The summed E-state index contributed by atoms with van der Waals surface area (Å²) in [4.78, 5) is 20.7. The molecule has 0 radical (unpaired) electrons. The van der Waals surface area contributed by atoms with Crippen molar-refractivity contribution in [2.75, 3.05) is 69.0 Å². The number of nitrogens with zero attached hydrogens (tertiary/aromatic N) is 6. The van der Waals surface area contributed by atoms with E-state index in [-0.39, 0.29) is 10.8 Å². The molecule has 3 heterocycles. The molecule has 2 N–H and O–H groups in total. The van der Waals surface area contributed by atoms with E-state index in [1.54, 1.807) is 45.2 Å². The van der Waals surface area contributed by atoms with E-state index in [0.717, 1.165) is 63.5 Å². The fraction of sp³-hybridized carbons (Fsp3) is 0.483. The Morgan fingerprint density at radius 2 is 1.56 bits per heavy atom. The van der Waals surface area contributed by atoms with Crippen LogP contribution in [-0.4, -0.2) is 97.9 Å². The van der Waals surface area contributed by atoms with Crippen LogP contribution < -0.4 is 20.3 Å². The minimum Gasteiger partial charge on any atom is -0.495 e.